The van der Waals surface area contributed by atoms with E-state index in [9.17, 15) is 9.59 Å². The minimum Gasteiger partial charge on any atom is -0.481 e. The topological polar surface area (TPSA) is 63.6 Å². The van der Waals surface area contributed by atoms with Crippen LogP contribution in [-0.4, -0.2) is 31.5 Å². The van der Waals surface area contributed by atoms with Crippen LogP contribution in [0.5, 0.6) is 0 Å². The third-order valence-electron chi connectivity index (χ3n) is 1.48. The summed E-state index contributed by atoms with van der Waals surface area (Å²) in [5.41, 5.74) is 0. The summed E-state index contributed by atoms with van der Waals surface area (Å²) < 4.78 is 4.70. The Morgan fingerprint density at radius 3 is 2.58 bits per heavy atom. The molecule has 1 unspecified atom stereocenters. The number of rotatable bonds is 5. The lowest BCUT2D eigenvalue weighted by Crippen LogP contribution is -2.13. The van der Waals surface area contributed by atoms with Crippen LogP contribution in [0.2, 0.25) is 5.82 Å². The molecule has 0 aliphatic carbocycles. The van der Waals surface area contributed by atoms with E-state index in [1.54, 1.807) is 14.8 Å². The van der Waals surface area contributed by atoms with Crippen molar-refractivity contribution >= 4 is 19.8 Å². The summed E-state index contributed by atoms with van der Waals surface area (Å²) in [5, 5.41) is 8.32. The van der Waals surface area contributed by atoms with Gasteiger partial charge in [0.05, 0.1) is 6.61 Å². The first-order chi connectivity index (χ1) is 5.57. The second kappa shape index (κ2) is 5.63. The first kappa shape index (κ1) is 11.0. The van der Waals surface area contributed by atoms with Crippen molar-refractivity contribution in [1.29, 1.82) is 0 Å². The minimum absolute atomic E-state index is 0.0139. The first-order valence-corrected chi connectivity index (χ1v) is 3.96. The monoisotopic (exact) mass is 172 g/mol. The highest BCUT2D eigenvalue weighted by molar-refractivity contribution is 6.22. The molecule has 0 radical (unpaired) electrons. The van der Waals surface area contributed by atoms with E-state index in [0.717, 1.165) is 0 Å². The van der Waals surface area contributed by atoms with E-state index in [1.165, 1.54) is 0 Å². The predicted octanol–water partition coefficient (Wildman–Crippen LogP) is -0.164. The van der Waals surface area contributed by atoms with E-state index in [1.807, 2.05) is 0 Å². The summed E-state index contributed by atoms with van der Waals surface area (Å²) in [4.78, 5) is 21.1. The number of carbonyl (C=O) groups is 2. The van der Waals surface area contributed by atoms with Crippen LogP contribution in [0.15, 0.2) is 0 Å². The Balaban J connectivity index is 3.63. The lowest BCUT2D eigenvalue weighted by atomic mass is 9.83. The van der Waals surface area contributed by atoms with Gasteiger partial charge >= 0.3 is 11.9 Å². The van der Waals surface area contributed by atoms with Gasteiger partial charge in [-0.2, -0.15) is 0 Å². The average molecular weight is 172 g/mol. The molecule has 0 heterocycles. The molecule has 1 atom stereocenters. The van der Waals surface area contributed by atoms with Crippen LogP contribution in [0.1, 0.15) is 19.8 Å². The zero-order valence-electron chi connectivity index (χ0n) is 7.37. The zero-order valence-corrected chi connectivity index (χ0v) is 7.37. The fraction of sp³-hybridized carbons (Fsp3) is 0.714. The van der Waals surface area contributed by atoms with Gasteiger partial charge in [-0.3, -0.25) is 9.59 Å². The predicted molar refractivity (Wildman–Crippen MR) is 45.8 cm³/mol. The summed E-state index contributed by atoms with van der Waals surface area (Å²) in [6, 6.07) is 0. The van der Waals surface area contributed by atoms with E-state index in [-0.39, 0.29) is 18.2 Å². The van der Waals surface area contributed by atoms with Crippen LogP contribution < -0.4 is 0 Å². The van der Waals surface area contributed by atoms with E-state index < -0.39 is 5.97 Å². The van der Waals surface area contributed by atoms with Crippen LogP contribution in [0, 0.1) is 0 Å². The van der Waals surface area contributed by atoms with Crippen LogP contribution >= 0.6 is 0 Å². The van der Waals surface area contributed by atoms with Gasteiger partial charge in [-0.05, 0) is 13.3 Å². The molecule has 0 aliphatic rings. The molecule has 4 nitrogen and oxygen atoms in total. The molecule has 1 N–H and O–H groups in total. The van der Waals surface area contributed by atoms with Crippen molar-refractivity contribution < 1.29 is 19.4 Å². The van der Waals surface area contributed by atoms with Crippen molar-refractivity contribution in [3.63, 3.8) is 0 Å². The minimum atomic E-state index is -0.883. The number of hydrogen-bond donors (Lipinski definition) is 1. The standard InChI is InChI=1S/C7H13BO4/c1-2-12-7(11)5(8)3-4-6(9)10/h5H,2-4,8H2,1H3,(H,9,10). The van der Waals surface area contributed by atoms with Crippen molar-refractivity contribution in [2.24, 2.45) is 0 Å². The van der Waals surface area contributed by atoms with Gasteiger partial charge in [0, 0.05) is 12.2 Å². The highest BCUT2D eigenvalue weighted by Crippen LogP contribution is 2.10. The van der Waals surface area contributed by atoms with Crippen molar-refractivity contribution in [3.05, 3.63) is 0 Å². The lowest BCUT2D eigenvalue weighted by Gasteiger charge is -2.07. The Bertz CT molecular complexity index is 169. The molecule has 0 amide bonds. The van der Waals surface area contributed by atoms with Crippen LogP contribution in [0.4, 0.5) is 0 Å². The molecule has 0 aromatic carbocycles. The molecule has 0 saturated carbocycles. The SMILES string of the molecule is BC(CCC(=O)O)C(=O)OCC. The molecule has 0 aromatic heterocycles. The van der Waals surface area contributed by atoms with Gasteiger partial charge in [-0.1, -0.05) is 0 Å². The number of carboxylic acid groups (broad SMARTS) is 1. The Hall–Kier alpha value is -0.995. The molecule has 0 aromatic rings. The molecule has 68 valence electrons. The number of ether oxygens (including phenoxy) is 1. The fourth-order valence-electron chi connectivity index (χ4n) is 0.742. The van der Waals surface area contributed by atoms with E-state index in [4.69, 9.17) is 9.84 Å². The first-order valence-electron chi connectivity index (χ1n) is 3.96. The zero-order chi connectivity index (χ0) is 9.56. The van der Waals surface area contributed by atoms with E-state index >= 15 is 0 Å². The van der Waals surface area contributed by atoms with Crippen molar-refractivity contribution in [2.75, 3.05) is 6.61 Å². The summed E-state index contributed by atoms with van der Waals surface area (Å²) in [6.07, 6.45) is 0.355. The number of hydrogen-bond acceptors (Lipinski definition) is 3. The molecule has 0 aliphatic heterocycles. The molecular weight excluding hydrogens is 159 g/mol. The largest absolute Gasteiger partial charge is 0.481 e. The van der Waals surface area contributed by atoms with Crippen molar-refractivity contribution in [1.82, 2.24) is 0 Å². The van der Waals surface area contributed by atoms with E-state index in [2.05, 4.69) is 0 Å². The molecule has 0 rings (SSSR count). The lowest BCUT2D eigenvalue weighted by molar-refractivity contribution is -0.143. The Labute approximate surface area is 72.3 Å². The Morgan fingerprint density at radius 1 is 1.58 bits per heavy atom. The summed E-state index contributed by atoms with van der Waals surface area (Å²) in [5.74, 6) is -1.52. The summed E-state index contributed by atoms with van der Waals surface area (Å²) >= 11 is 0. The fourth-order valence-corrected chi connectivity index (χ4v) is 0.742. The van der Waals surface area contributed by atoms with Crippen molar-refractivity contribution in [3.8, 4) is 0 Å². The maximum absolute atomic E-state index is 10.9. The van der Waals surface area contributed by atoms with Gasteiger partial charge < -0.3 is 9.84 Å². The molecule has 12 heavy (non-hydrogen) atoms. The molecule has 0 saturated heterocycles. The number of carbonyl (C=O) groups excluding carboxylic acids is 1. The van der Waals surface area contributed by atoms with Gasteiger partial charge in [0.1, 0.15) is 7.85 Å². The molecule has 0 bridgehead atoms. The average Bonchev–Trinajstić information content (AvgIpc) is 2.00. The highest BCUT2D eigenvalue weighted by Gasteiger charge is 2.14. The third kappa shape index (κ3) is 4.76. The van der Waals surface area contributed by atoms with Gasteiger partial charge in [-0.15, -0.1) is 0 Å². The maximum Gasteiger partial charge on any atom is 0.303 e. The second-order valence-corrected chi connectivity index (χ2v) is 2.59. The quantitative estimate of drug-likeness (QED) is 0.462. The van der Waals surface area contributed by atoms with Gasteiger partial charge in [0.15, 0.2) is 0 Å². The van der Waals surface area contributed by atoms with Crippen LogP contribution in [0.25, 0.3) is 0 Å². The van der Waals surface area contributed by atoms with Gasteiger partial charge in [-0.25, -0.2) is 0 Å². The molecular formula is C7H13BO4. The molecule has 0 fully saturated rings. The van der Waals surface area contributed by atoms with Crippen LogP contribution in [0.3, 0.4) is 0 Å². The van der Waals surface area contributed by atoms with E-state index in [0.29, 0.717) is 13.0 Å². The maximum atomic E-state index is 10.9. The number of carboxylic acids is 1. The third-order valence-corrected chi connectivity index (χ3v) is 1.48. The highest BCUT2D eigenvalue weighted by atomic mass is 16.5. The normalized spacial score (nSPS) is 12.1. The molecule has 0 spiro atoms. The number of esters is 1. The summed E-state index contributed by atoms with van der Waals surface area (Å²) in [7, 11) is 1.67. The second-order valence-electron chi connectivity index (χ2n) is 2.59. The Kier molecular flexibility index (Phi) is 5.16. The van der Waals surface area contributed by atoms with Crippen molar-refractivity contribution in [2.45, 2.75) is 25.6 Å². The van der Waals surface area contributed by atoms with Gasteiger partial charge in [0.25, 0.3) is 0 Å². The smallest absolute Gasteiger partial charge is 0.303 e. The number of aliphatic carboxylic acids is 1. The summed E-state index contributed by atoms with van der Waals surface area (Å²) in [6.45, 7) is 2.07. The molecule has 5 heteroatoms. The van der Waals surface area contributed by atoms with Gasteiger partial charge in [0.2, 0.25) is 0 Å². The van der Waals surface area contributed by atoms with Crippen LogP contribution in [-0.2, 0) is 14.3 Å². The Morgan fingerprint density at radius 2 is 2.17 bits per heavy atom.